The first-order valence-corrected chi connectivity index (χ1v) is 6.05. The number of hydrogen-bond donors (Lipinski definition) is 2. The Morgan fingerprint density at radius 1 is 1.50 bits per heavy atom. The molecule has 0 saturated carbocycles. The van der Waals surface area contributed by atoms with Crippen molar-refractivity contribution in [2.45, 2.75) is 40.2 Å². The predicted octanol–water partition coefficient (Wildman–Crippen LogP) is 1.64. The molecule has 0 fully saturated rings. The summed E-state index contributed by atoms with van der Waals surface area (Å²) in [5, 5.41) is 16.1. The Balaban J connectivity index is 3.01. The third-order valence-electron chi connectivity index (χ3n) is 2.65. The third-order valence-corrected chi connectivity index (χ3v) is 2.65. The van der Waals surface area contributed by atoms with Gasteiger partial charge in [-0.15, -0.1) is 0 Å². The molecule has 0 amide bonds. The van der Waals surface area contributed by atoms with Gasteiger partial charge in [-0.3, -0.25) is 0 Å². The van der Waals surface area contributed by atoms with Crippen molar-refractivity contribution in [3.63, 3.8) is 0 Å². The van der Waals surface area contributed by atoms with E-state index in [0.29, 0.717) is 23.1 Å². The summed E-state index contributed by atoms with van der Waals surface area (Å²) < 4.78 is 7.47. The Bertz CT molecular complexity index is 438. The lowest BCUT2D eigenvalue weighted by atomic mass is 10.1. The molecule has 1 atom stereocenters. The average molecular weight is 254 g/mol. The molecule has 1 aromatic rings. The highest BCUT2D eigenvalue weighted by atomic mass is 16.5. The zero-order valence-corrected chi connectivity index (χ0v) is 11.6. The van der Waals surface area contributed by atoms with Crippen LogP contribution in [0, 0.1) is 12.8 Å². The molecule has 1 rings (SSSR count). The molecule has 0 aliphatic heterocycles. The summed E-state index contributed by atoms with van der Waals surface area (Å²) in [6, 6.07) is 0. The fourth-order valence-corrected chi connectivity index (χ4v) is 2.02. The van der Waals surface area contributed by atoms with E-state index in [2.05, 4.69) is 24.1 Å². The monoisotopic (exact) mass is 254 g/mol. The quantitative estimate of drug-likeness (QED) is 0.362. The maximum absolute atomic E-state index is 8.80. The van der Waals surface area contributed by atoms with Crippen LogP contribution in [0.3, 0.4) is 0 Å². The van der Waals surface area contributed by atoms with Crippen molar-refractivity contribution in [1.82, 2.24) is 9.78 Å². The van der Waals surface area contributed by atoms with Gasteiger partial charge in [0.15, 0.2) is 5.84 Å². The highest BCUT2D eigenvalue weighted by Crippen LogP contribution is 2.23. The van der Waals surface area contributed by atoms with Gasteiger partial charge in [0.2, 0.25) is 5.88 Å². The van der Waals surface area contributed by atoms with Gasteiger partial charge in [0.1, 0.15) is 5.56 Å². The van der Waals surface area contributed by atoms with E-state index in [1.165, 1.54) is 0 Å². The van der Waals surface area contributed by atoms with E-state index < -0.39 is 0 Å². The van der Waals surface area contributed by atoms with E-state index >= 15 is 0 Å². The second-order valence-electron chi connectivity index (χ2n) is 4.93. The second kappa shape index (κ2) is 5.75. The Labute approximate surface area is 107 Å². The number of nitrogens with two attached hydrogens (primary N) is 1. The van der Waals surface area contributed by atoms with Crippen molar-refractivity contribution in [2.24, 2.45) is 23.9 Å². The minimum atomic E-state index is 0.0207. The molecule has 0 radical (unpaired) electrons. The minimum Gasteiger partial charge on any atom is -0.474 e. The highest BCUT2D eigenvalue weighted by molar-refractivity contribution is 6.00. The average Bonchev–Trinajstić information content (AvgIpc) is 2.52. The van der Waals surface area contributed by atoms with Crippen LogP contribution in [-0.2, 0) is 7.05 Å². The SMILES string of the molecule is Cc1nn(C)c(OC(C)CC(C)C)c1C(N)=NO. The summed E-state index contributed by atoms with van der Waals surface area (Å²) in [5.74, 6) is 1.10. The number of ether oxygens (including phenoxy) is 1. The van der Waals surface area contributed by atoms with Gasteiger partial charge in [-0.25, -0.2) is 4.68 Å². The molecule has 102 valence electrons. The molecule has 0 bridgehead atoms. The van der Waals surface area contributed by atoms with Crippen LogP contribution in [-0.4, -0.2) is 26.9 Å². The Kier molecular flexibility index (Phi) is 4.58. The first-order chi connectivity index (χ1) is 8.36. The van der Waals surface area contributed by atoms with Crippen LogP contribution in [0.1, 0.15) is 38.4 Å². The topological polar surface area (TPSA) is 85.7 Å². The van der Waals surface area contributed by atoms with Gasteiger partial charge in [-0.2, -0.15) is 5.10 Å². The normalized spacial score (nSPS) is 14.0. The number of nitrogens with zero attached hydrogens (tertiary/aromatic N) is 3. The number of hydrogen-bond acceptors (Lipinski definition) is 4. The summed E-state index contributed by atoms with van der Waals surface area (Å²) >= 11 is 0. The fraction of sp³-hybridized carbons (Fsp3) is 0.667. The lowest BCUT2D eigenvalue weighted by molar-refractivity contribution is 0.177. The first-order valence-electron chi connectivity index (χ1n) is 6.05. The standard InChI is InChI=1S/C12H22N4O2/c1-7(2)6-8(3)18-12-10(11(13)15-17)9(4)14-16(12)5/h7-8,17H,6H2,1-5H3,(H2,13,15). The van der Waals surface area contributed by atoms with E-state index in [1.54, 1.807) is 18.7 Å². The van der Waals surface area contributed by atoms with Crippen LogP contribution in [0.25, 0.3) is 0 Å². The molecule has 6 heteroatoms. The molecule has 1 heterocycles. The Hall–Kier alpha value is -1.72. The van der Waals surface area contributed by atoms with Crippen molar-refractivity contribution in [1.29, 1.82) is 0 Å². The van der Waals surface area contributed by atoms with Crippen LogP contribution in [0.15, 0.2) is 5.16 Å². The Morgan fingerprint density at radius 2 is 2.11 bits per heavy atom. The van der Waals surface area contributed by atoms with Gasteiger partial charge in [0.05, 0.1) is 11.8 Å². The predicted molar refractivity (Wildman–Crippen MR) is 70.0 cm³/mol. The molecule has 1 aromatic heterocycles. The molecule has 0 aliphatic rings. The summed E-state index contributed by atoms with van der Waals surface area (Å²) in [6.45, 7) is 8.07. The molecular formula is C12H22N4O2. The number of rotatable bonds is 5. The van der Waals surface area contributed by atoms with Crippen molar-refractivity contribution >= 4 is 5.84 Å². The largest absolute Gasteiger partial charge is 0.474 e. The minimum absolute atomic E-state index is 0.0207. The van der Waals surface area contributed by atoms with Gasteiger partial charge >= 0.3 is 0 Å². The smallest absolute Gasteiger partial charge is 0.223 e. The molecule has 6 nitrogen and oxygen atoms in total. The van der Waals surface area contributed by atoms with Gasteiger partial charge in [-0.1, -0.05) is 19.0 Å². The second-order valence-corrected chi connectivity index (χ2v) is 4.93. The fourth-order valence-electron chi connectivity index (χ4n) is 2.02. The van der Waals surface area contributed by atoms with Crippen molar-refractivity contribution in [3.8, 4) is 5.88 Å². The molecular weight excluding hydrogens is 232 g/mol. The lowest BCUT2D eigenvalue weighted by Crippen LogP contribution is -2.20. The van der Waals surface area contributed by atoms with E-state index in [0.717, 1.165) is 6.42 Å². The Morgan fingerprint density at radius 3 is 2.61 bits per heavy atom. The van der Waals surface area contributed by atoms with Crippen molar-refractivity contribution < 1.29 is 9.94 Å². The van der Waals surface area contributed by atoms with E-state index in [1.807, 2.05) is 6.92 Å². The number of oxime groups is 1. The zero-order valence-electron chi connectivity index (χ0n) is 11.6. The van der Waals surface area contributed by atoms with Gasteiger partial charge in [0.25, 0.3) is 0 Å². The summed E-state index contributed by atoms with van der Waals surface area (Å²) in [5.41, 5.74) is 6.88. The highest BCUT2D eigenvalue weighted by Gasteiger charge is 2.20. The summed E-state index contributed by atoms with van der Waals surface area (Å²) in [7, 11) is 1.78. The van der Waals surface area contributed by atoms with E-state index in [-0.39, 0.29) is 11.9 Å². The van der Waals surface area contributed by atoms with Crippen LogP contribution in [0.2, 0.25) is 0 Å². The summed E-state index contributed by atoms with van der Waals surface area (Å²) in [6.07, 6.45) is 0.977. The molecule has 3 N–H and O–H groups in total. The van der Waals surface area contributed by atoms with Crippen LogP contribution >= 0.6 is 0 Å². The lowest BCUT2D eigenvalue weighted by Gasteiger charge is -2.17. The van der Waals surface area contributed by atoms with Crippen molar-refractivity contribution in [2.75, 3.05) is 0 Å². The molecule has 0 spiro atoms. The van der Waals surface area contributed by atoms with E-state index in [4.69, 9.17) is 15.7 Å². The molecule has 0 aromatic carbocycles. The molecule has 0 saturated heterocycles. The number of aromatic nitrogens is 2. The maximum atomic E-state index is 8.80. The number of aryl methyl sites for hydroxylation is 2. The first kappa shape index (κ1) is 14.3. The van der Waals surface area contributed by atoms with Crippen LogP contribution in [0.4, 0.5) is 0 Å². The van der Waals surface area contributed by atoms with Crippen LogP contribution in [0.5, 0.6) is 5.88 Å². The van der Waals surface area contributed by atoms with Crippen molar-refractivity contribution in [3.05, 3.63) is 11.3 Å². The molecule has 0 aliphatic carbocycles. The van der Waals surface area contributed by atoms with Crippen LogP contribution < -0.4 is 10.5 Å². The number of amidine groups is 1. The summed E-state index contributed by atoms with van der Waals surface area (Å²) in [4.78, 5) is 0. The van der Waals surface area contributed by atoms with Gasteiger partial charge < -0.3 is 15.7 Å². The maximum Gasteiger partial charge on any atom is 0.223 e. The zero-order chi connectivity index (χ0) is 13.9. The molecule has 1 unspecified atom stereocenters. The molecule has 18 heavy (non-hydrogen) atoms. The van der Waals surface area contributed by atoms with Gasteiger partial charge in [0, 0.05) is 7.05 Å². The third kappa shape index (κ3) is 3.15. The van der Waals surface area contributed by atoms with E-state index in [9.17, 15) is 0 Å². The van der Waals surface area contributed by atoms with Gasteiger partial charge in [-0.05, 0) is 26.2 Å².